The third-order valence-corrected chi connectivity index (χ3v) is 4.01. The first kappa shape index (κ1) is 13.4. The summed E-state index contributed by atoms with van der Waals surface area (Å²) < 4.78 is 5.66. The maximum atomic E-state index is 10.2. The highest BCUT2D eigenvalue weighted by Gasteiger charge is 2.23. The largest absolute Gasteiger partial charge is 0.493 e. The number of aliphatic hydroxyl groups is 1. The second-order valence-electron chi connectivity index (χ2n) is 5.51. The van der Waals surface area contributed by atoms with Crippen LogP contribution in [-0.4, -0.2) is 17.8 Å². The van der Waals surface area contributed by atoms with Gasteiger partial charge in [0.25, 0.3) is 0 Å². The van der Waals surface area contributed by atoms with Crippen molar-refractivity contribution < 1.29 is 9.84 Å². The second-order valence-corrected chi connectivity index (χ2v) is 5.51. The smallest absolute Gasteiger partial charge is 0.122 e. The van der Waals surface area contributed by atoms with Crippen LogP contribution in [0.1, 0.15) is 51.0 Å². The number of benzene rings is 1. The van der Waals surface area contributed by atoms with Gasteiger partial charge in [0.2, 0.25) is 0 Å². The zero-order valence-corrected chi connectivity index (χ0v) is 11.4. The fourth-order valence-electron chi connectivity index (χ4n) is 2.72. The van der Waals surface area contributed by atoms with E-state index in [4.69, 9.17) is 4.74 Å². The Bertz CT molecular complexity index is 375. The molecule has 2 heteroatoms. The van der Waals surface area contributed by atoms with Gasteiger partial charge >= 0.3 is 0 Å². The van der Waals surface area contributed by atoms with Crippen LogP contribution >= 0.6 is 0 Å². The minimum Gasteiger partial charge on any atom is -0.493 e. The molecule has 0 saturated heterocycles. The lowest BCUT2D eigenvalue weighted by atomic mass is 9.86. The van der Waals surface area contributed by atoms with Crippen LogP contribution < -0.4 is 4.74 Å². The molecule has 0 spiro atoms. The van der Waals surface area contributed by atoms with Crippen molar-refractivity contribution in [1.82, 2.24) is 0 Å². The first-order chi connectivity index (χ1) is 8.70. The summed E-state index contributed by atoms with van der Waals surface area (Å²) in [5, 5.41) is 10.2. The highest BCUT2D eigenvalue weighted by molar-refractivity contribution is 5.37. The predicted octanol–water partition coefficient (Wildman–Crippen LogP) is 3.74. The summed E-state index contributed by atoms with van der Waals surface area (Å²) in [4.78, 5) is 0. The van der Waals surface area contributed by atoms with Crippen LogP contribution in [0.4, 0.5) is 0 Å². The van der Waals surface area contributed by atoms with Gasteiger partial charge < -0.3 is 9.84 Å². The van der Waals surface area contributed by atoms with Crippen LogP contribution in [-0.2, 0) is 0 Å². The van der Waals surface area contributed by atoms with Gasteiger partial charge in [-0.25, -0.2) is 0 Å². The molecular formula is C16H24O2. The van der Waals surface area contributed by atoms with Crippen LogP contribution in [0.3, 0.4) is 0 Å². The molecule has 1 aromatic carbocycles. The van der Waals surface area contributed by atoms with Gasteiger partial charge in [0.15, 0.2) is 0 Å². The summed E-state index contributed by atoms with van der Waals surface area (Å²) in [6, 6.07) is 8.23. The van der Waals surface area contributed by atoms with Crippen LogP contribution in [0.15, 0.2) is 24.3 Å². The van der Waals surface area contributed by atoms with Gasteiger partial charge in [-0.05, 0) is 42.7 Å². The molecule has 0 amide bonds. The van der Waals surface area contributed by atoms with Crippen molar-refractivity contribution in [1.29, 1.82) is 0 Å². The lowest BCUT2D eigenvalue weighted by Crippen LogP contribution is -2.20. The maximum absolute atomic E-state index is 10.2. The molecule has 3 atom stereocenters. The van der Waals surface area contributed by atoms with Gasteiger partial charge in [0.05, 0.1) is 12.7 Å². The summed E-state index contributed by atoms with van der Waals surface area (Å²) >= 11 is 0. The molecule has 0 bridgehead atoms. The third-order valence-electron chi connectivity index (χ3n) is 4.01. The van der Waals surface area contributed by atoms with Crippen LogP contribution in [0.5, 0.6) is 5.75 Å². The number of ether oxygens (including phenoxy) is 1. The number of hydrogen-bond acceptors (Lipinski definition) is 2. The molecule has 1 aliphatic heterocycles. The topological polar surface area (TPSA) is 29.5 Å². The van der Waals surface area contributed by atoms with Gasteiger partial charge in [-0.15, -0.1) is 0 Å². The van der Waals surface area contributed by atoms with Gasteiger partial charge in [-0.3, -0.25) is 0 Å². The summed E-state index contributed by atoms with van der Waals surface area (Å²) in [5.74, 6) is 2.06. The van der Waals surface area contributed by atoms with E-state index in [2.05, 4.69) is 26.0 Å². The Morgan fingerprint density at radius 2 is 2.17 bits per heavy atom. The van der Waals surface area contributed by atoms with Crippen molar-refractivity contribution in [2.24, 2.45) is 5.92 Å². The average molecular weight is 248 g/mol. The molecule has 100 valence electrons. The number of para-hydroxylation sites is 1. The first-order valence-corrected chi connectivity index (χ1v) is 7.10. The lowest BCUT2D eigenvalue weighted by molar-refractivity contribution is 0.118. The summed E-state index contributed by atoms with van der Waals surface area (Å²) in [7, 11) is 0. The molecule has 0 fully saturated rings. The van der Waals surface area contributed by atoms with Crippen LogP contribution in [0.2, 0.25) is 0 Å². The van der Waals surface area contributed by atoms with Crippen molar-refractivity contribution in [3.8, 4) is 5.75 Å². The molecule has 1 heterocycles. The number of hydrogen-bond donors (Lipinski definition) is 1. The Balaban J connectivity index is 1.98. The Morgan fingerprint density at radius 3 is 2.94 bits per heavy atom. The molecule has 1 aliphatic rings. The molecule has 18 heavy (non-hydrogen) atoms. The fourth-order valence-corrected chi connectivity index (χ4v) is 2.72. The zero-order valence-electron chi connectivity index (χ0n) is 11.4. The van der Waals surface area contributed by atoms with E-state index in [9.17, 15) is 5.11 Å². The molecule has 0 radical (unpaired) electrons. The zero-order chi connectivity index (χ0) is 13.0. The van der Waals surface area contributed by atoms with Crippen molar-refractivity contribution >= 4 is 0 Å². The fraction of sp³-hybridized carbons (Fsp3) is 0.625. The molecule has 2 rings (SSSR count). The molecule has 3 unspecified atom stereocenters. The van der Waals surface area contributed by atoms with Crippen molar-refractivity contribution in [2.45, 2.75) is 51.6 Å². The van der Waals surface area contributed by atoms with Crippen LogP contribution in [0.25, 0.3) is 0 Å². The van der Waals surface area contributed by atoms with Gasteiger partial charge in [-0.2, -0.15) is 0 Å². The van der Waals surface area contributed by atoms with E-state index in [-0.39, 0.29) is 6.10 Å². The van der Waals surface area contributed by atoms with Crippen molar-refractivity contribution in [3.63, 3.8) is 0 Å². The Labute approximate surface area is 110 Å². The van der Waals surface area contributed by atoms with Gasteiger partial charge in [-0.1, -0.05) is 38.5 Å². The summed E-state index contributed by atoms with van der Waals surface area (Å²) in [6.45, 7) is 5.17. The van der Waals surface area contributed by atoms with Crippen molar-refractivity contribution in [3.05, 3.63) is 29.8 Å². The SMILES string of the molecule is CCC(C)CC(O)CC1CCOc2ccccc21. The molecule has 0 aliphatic carbocycles. The molecule has 0 saturated carbocycles. The van der Waals surface area contributed by atoms with E-state index < -0.39 is 0 Å². The van der Waals surface area contributed by atoms with Gasteiger partial charge in [0, 0.05) is 0 Å². The van der Waals surface area contributed by atoms with Gasteiger partial charge in [0.1, 0.15) is 5.75 Å². The number of rotatable bonds is 5. The molecule has 1 N–H and O–H groups in total. The standard InChI is InChI=1S/C16H24O2/c1-3-12(2)10-14(17)11-13-8-9-18-16-7-5-4-6-15(13)16/h4-7,12-14,17H,3,8-11H2,1-2H3. The van der Waals surface area contributed by atoms with Crippen molar-refractivity contribution in [2.75, 3.05) is 6.61 Å². The normalized spacial score (nSPS) is 21.8. The molecule has 0 aromatic heterocycles. The maximum Gasteiger partial charge on any atom is 0.122 e. The third kappa shape index (κ3) is 3.26. The first-order valence-electron chi connectivity index (χ1n) is 7.10. The Kier molecular flexibility index (Phi) is 4.65. The number of fused-ring (bicyclic) bond motifs is 1. The van der Waals surface area contributed by atoms with E-state index in [1.807, 2.05) is 12.1 Å². The Morgan fingerprint density at radius 1 is 1.39 bits per heavy atom. The monoisotopic (exact) mass is 248 g/mol. The van der Waals surface area contributed by atoms with E-state index in [0.29, 0.717) is 11.8 Å². The predicted molar refractivity (Wildman–Crippen MR) is 74.0 cm³/mol. The van der Waals surface area contributed by atoms with E-state index >= 15 is 0 Å². The van der Waals surface area contributed by atoms with E-state index in [1.54, 1.807) is 0 Å². The quantitative estimate of drug-likeness (QED) is 0.860. The van der Waals surface area contributed by atoms with E-state index in [1.165, 1.54) is 5.56 Å². The molecular weight excluding hydrogens is 224 g/mol. The molecule has 2 nitrogen and oxygen atoms in total. The van der Waals surface area contributed by atoms with Crippen LogP contribution in [0, 0.1) is 5.92 Å². The average Bonchev–Trinajstić information content (AvgIpc) is 2.39. The Hall–Kier alpha value is -1.02. The minimum atomic E-state index is -0.184. The van der Waals surface area contributed by atoms with E-state index in [0.717, 1.165) is 38.0 Å². The summed E-state index contributed by atoms with van der Waals surface area (Å²) in [5.41, 5.74) is 1.27. The highest BCUT2D eigenvalue weighted by Crippen LogP contribution is 2.36. The second kappa shape index (κ2) is 6.24. The lowest BCUT2D eigenvalue weighted by Gasteiger charge is -2.28. The summed E-state index contributed by atoms with van der Waals surface area (Å²) in [6.07, 6.45) is 3.76. The molecule has 1 aromatic rings. The number of aliphatic hydroxyl groups excluding tert-OH is 1. The highest BCUT2D eigenvalue weighted by atomic mass is 16.5. The minimum absolute atomic E-state index is 0.184.